The maximum atomic E-state index is 3.99. The number of hydrogen-bond donors (Lipinski definition) is 0. The van der Waals surface area contributed by atoms with Crippen molar-refractivity contribution >= 4 is 34.0 Å². The average molecular weight is 655 g/mol. The quantitative estimate of drug-likeness (QED) is 0.150. The van der Waals surface area contributed by atoms with Crippen LogP contribution >= 0.6 is 0 Å². The van der Waals surface area contributed by atoms with Gasteiger partial charge in [-0.1, -0.05) is 158 Å². The second-order valence-electron chi connectivity index (χ2n) is 12.6. The highest BCUT2D eigenvalue weighted by atomic mass is 15.2. The predicted octanol–water partition coefficient (Wildman–Crippen LogP) is 13.8. The van der Waals surface area contributed by atoms with E-state index in [2.05, 4.69) is 211 Å². The third kappa shape index (κ3) is 5.98. The van der Waals surface area contributed by atoms with E-state index < -0.39 is 0 Å². The number of hydrogen-bond acceptors (Lipinski definition) is 2. The highest BCUT2D eigenvalue weighted by Crippen LogP contribution is 2.50. The van der Waals surface area contributed by atoms with E-state index in [4.69, 9.17) is 0 Å². The Labute approximate surface area is 301 Å². The minimum atomic E-state index is 1.08. The average Bonchev–Trinajstić information content (AvgIpc) is 3.30. The molecule has 7 aromatic carbocycles. The molecule has 0 fully saturated rings. The first-order chi connectivity index (χ1) is 25.2. The molecule has 1 aliphatic heterocycles. The summed E-state index contributed by atoms with van der Waals surface area (Å²) in [4.78, 5) is 4.82. The minimum Gasteiger partial charge on any atom is -0.310 e. The fraction of sp³-hybridized carbons (Fsp3) is 0.0204. The lowest BCUT2D eigenvalue weighted by atomic mass is 9.94. The maximum absolute atomic E-state index is 3.99. The number of anilines is 5. The third-order valence-electron chi connectivity index (χ3n) is 9.59. The van der Waals surface area contributed by atoms with Crippen LogP contribution in [0, 0.1) is 0 Å². The first kappa shape index (κ1) is 31.6. The van der Waals surface area contributed by atoms with Crippen molar-refractivity contribution in [3.05, 3.63) is 218 Å². The second kappa shape index (κ2) is 14.1. The number of para-hydroxylation sites is 3. The molecule has 0 amide bonds. The fourth-order valence-corrected chi connectivity index (χ4v) is 7.24. The summed E-state index contributed by atoms with van der Waals surface area (Å²) in [5.41, 5.74) is 16.1. The second-order valence-corrected chi connectivity index (χ2v) is 12.6. The summed E-state index contributed by atoms with van der Waals surface area (Å²) in [5, 5.41) is 0. The fourth-order valence-electron chi connectivity index (χ4n) is 7.24. The van der Waals surface area contributed by atoms with Gasteiger partial charge in [0.25, 0.3) is 0 Å². The molecule has 0 radical (unpaired) electrons. The summed E-state index contributed by atoms with van der Waals surface area (Å²) in [6, 6.07) is 65.2. The van der Waals surface area contributed by atoms with Crippen molar-refractivity contribution < 1.29 is 0 Å². The van der Waals surface area contributed by atoms with Gasteiger partial charge < -0.3 is 9.80 Å². The Morgan fingerprint density at radius 3 is 1.55 bits per heavy atom. The molecule has 1 aliphatic rings. The van der Waals surface area contributed by atoms with Crippen LogP contribution in [0.3, 0.4) is 0 Å². The van der Waals surface area contributed by atoms with Crippen LogP contribution in [0.2, 0.25) is 0 Å². The van der Waals surface area contributed by atoms with Gasteiger partial charge in [0.2, 0.25) is 0 Å². The van der Waals surface area contributed by atoms with E-state index in [0.717, 1.165) is 50.8 Å². The molecule has 0 bridgehead atoms. The Morgan fingerprint density at radius 2 is 0.980 bits per heavy atom. The lowest BCUT2D eigenvalue weighted by Gasteiger charge is -2.32. The van der Waals surface area contributed by atoms with E-state index in [1.54, 1.807) is 0 Å². The van der Waals surface area contributed by atoms with Gasteiger partial charge in [-0.2, -0.15) is 0 Å². The van der Waals surface area contributed by atoms with Gasteiger partial charge in [0.15, 0.2) is 0 Å². The highest BCUT2D eigenvalue weighted by Gasteiger charge is 2.28. The van der Waals surface area contributed by atoms with Crippen molar-refractivity contribution in [2.45, 2.75) is 6.92 Å². The van der Waals surface area contributed by atoms with E-state index in [-0.39, 0.29) is 0 Å². The molecule has 0 aliphatic carbocycles. The number of allylic oxidation sites excluding steroid dienone is 4. The Bertz CT molecular complexity index is 2300. The van der Waals surface area contributed by atoms with Crippen LogP contribution in [-0.2, 0) is 0 Å². The molecule has 244 valence electrons. The first-order valence-corrected chi connectivity index (χ1v) is 17.4. The molecule has 0 aromatic heterocycles. The molecular formula is C49H38N2. The van der Waals surface area contributed by atoms with Crippen LogP contribution in [0.5, 0.6) is 0 Å². The van der Waals surface area contributed by atoms with Gasteiger partial charge in [0.1, 0.15) is 0 Å². The van der Waals surface area contributed by atoms with Gasteiger partial charge in [-0.15, -0.1) is 0 Å². The lowest BCUT2D eigenvalue weighted by Crippen LogP contribution is -2.17. The van der Waals surface area contributed by atoms with Crippen LogP contribution in [0.1, 0.15) is 12.5 Å². The Hall–Kier alpha value is -6.64. The summed E-state index contributed by atoms with van der Waals surface area (Å²) < 4.78 is 0. The SMILES string of the molecule is C=C/C=C\C1=C(C)c2ccccc2-c2cc(N(c3ccccc3-c3ccccc3)c3ccccc3-c3ccccc3)ccc2N1c1ccccc1. The van der Waals surface area contributed by atoms with Gasteiger partial charge >= 0.3 is 0 Å². The molecule has 2 heteroatoms. The van der Waals surface area contributed by atoms with Crippen molar-refractivity contribution in [2.24, 2.45) is 0 Å². The van der Waals surface area contributed by atoms with Crippen molar-refractivity contribution in [3.63, 3.8) is 0 Å². The Balaban J connectivity index is 1.43. The summed E-state index contributed by atoms with van der Waals surface area (Å²) >= 11 is 0. The van der Waals surface area contributed by atoms with Crippen molar-refractivity contribution in [1.82, 2.24) is 0 Å². The van der Waals surface area contributed by atoms with Crippen LogP contribution < -0.4 is 9.80 Å². The van der Waals surface area contributed by atoms with Gasteiger partial charge in [-0.25, -0.2) is 0 Å². The molecule has 8 rings (SSSR count). The van der Waals surface area contributed by atoms with Crippen LogP contribution in [0.15, 0.2) is 212 Å². The molecule has 2 nitrogen and oxygen atoms in total. The monoisotopic (exact) mass is 654 g/mol. The summed E-state index contributed by atoms with van der Waals surface area (Å²) in [5.74, 6) is 0. The molecule has 7 aromatic rings. The predicted molar refractivity (Wildman–Crippen MR) is 218 cm³/mol. The minimum absolute atomic E-state index is 1.08. The molecule has 1 heterocycles. The summed E-state index contributed by atoms with van der Waals surface area (Å²) in [7, 11) is 0. The maximum Gasteiger partial charge on any atom is 0.0541 e. The zero-order valence-electron chi connectivity index (χ0n) is 28.7. The van der Waals surface area contributed by atoms with Crippen molar-refractivity contribution in [3.8, 4) is 33.4 Å². The first-order valence-electron chi connectivity index (χ1n) is 17.4. The van der Waals surface area contributed by atoms with Gasteiger partial charge in [0, 0.05) is 33.8 Å². The largest absolute Gasteiger partial charge is 0.310 e. The Morgan fingerprint density at radius 1 is 0.490 bits per heavy atom. The molecule has 0 unspecified atom stereocenters. The zero-order chi connectivity index (χ0) is 34.6. The molecule has 0 saturated heterocycles. The zero-order valence-corrected chi connectivity index (χ0v) is 28.7. The molecule has 0 atom stereocenters. The molecule has 0 saturated carbocycles. The highest BCUT2D eigenvalue weighted by molar-refractivity contribution is 6.00. The van der Waals surface area contributed by atoms with E-state index in [9.17, 15) is 0 Å². The summed E-state index contributed by atoms with van der Waals surface area (Å²) in [6.07, 6.45) is 6.05. The van der Waals surface area contributed by atoms with Crippen LogP contribution in [0.4, 0.5) is 28.4 Å². The lowest BCUT2D eigenvalue weighted by molar-refractivity contribution is 1.21. The van der Waals surface area contributed by atoms with Gasteiger partial charge in [-0.05, 0) is 83.3 Å². The normalized spacial score (nSPS) is 12.3. The smallest absolute Gasteiger partial charge is 0.0541 e. The number of nitrogens with zero attached hydrogens (tertiary/aromatic N) is 2. The van der Waals surface area contributed by atoms with Gasteiger partial charge in [-0.3, -0.25) is 0 Å². The molecule has 51 heavy (non-hydrogen) atoms. The third-order valence-corrected chi connectivity index (χ3v) is 9.59. The van der Waals surface area contributed by atoms with Crippen LogP contribution in [-0.4, -0.2) is 0 Å². The number of rotatable bonds is 8. The summed E-state index contributed by atoms with van der Waals surface area (Å²) in [6.45, 7) is 6.22. The standard InChI is InChI=1S/C49H38N2/c1-3-4-30-46-36(2)41-26-14-15-29-44(41)45-35-40(33-34-49(45)50(46)39-24-12-7-13-25-39)51(47-31-18-16-27-42(47)37-20-8-5-9-21-37)48-32-19-17-28-43(48)38-22-10-6-11-23-38/h3-35H,1H2,2H3/b30-4-. The van der Waals surface area contributed by atoms with E-state index in [0.29, 0.717) is 0 Å². The van der Waals surface area contributed by atoms with Crippen molar-refractivity contribution in [1.29, 1.82) is 0 Å². The van der Waals surface area contributed by atoms with E-state index in [1.807, 2.05) is 12.2 Å². The van der Waals surface area contributed by atoms with Gasteiger partial charge in [0.05, 0.1) is 17.1 Å². The number of benzene rings is 7. The van der Waals surface area contributed by atoms with E-state index in [1.165, 1.54) is 27.8 Å². The molecular weight excluding hydrogens is 617 g/mol. The van der Waals surface area contributed by atoms with E-state index >= 15 is 0 Å². The molecule has 0 N–H and O–H groups in total. The van der Waals surface area contributed by atoms with Crippen LogP contribution in [0.25, 0.3) is 39.0 Å². The topological polar surface area (TPSA) is 6.48 Å². The molecule has 0 spiro atoms. The Kier molecular flexibility index (Phi) is 8.72. The van der Waals surface area contributed by atoms with Crippen molar-refractivity contribution in [2.75, 3.05) is 9.80 Å². The number of fused-ring (bicyclic) bond motifs is 3.